The van der Waals surface area contributed by atoms with E-state index in [4.69, 9.17) is 23.3 Å². The van der Waals surface area contributed by atoms with Gasteiger partial charge in [-0.2, -0.15) is 0 Å². The summed E-state index contributed by atoms with van der Waals surface area (Å²) in [4.78, 5) is 48.6. The highest BCUT2D eigenvalue weighted by atomic mass is 31.2. The third-order valence-corrected chi connectivity index (χ3v) is 13.1. The highest BCUT2D eigenvalue weighted by Gasteiger charge is 2.28. The number of phosphoric acid groups is 1. The molecule has 0 aromatic heterocycles. The van der Waals surface area contributed by atoms with E-state index in [0.29, 0.717) is 19.3 Å². The first-order valence-electron chi connectivity index (χ1n) is 29.8. The molecule has 0 aromatic rings. The van der Waals surface area contributed by atoms with E-state index in [-0.39, 0.29) is 25.9 Å². The lowest BCUT2D eigenvalue weighted by Crippen LogP contribution is -2.30. The van der Waals surface area contributed by atoms with Crippen LogP contribution in [0.15, 0.2) is 109 Å². The number of aliphatic hydroxyl groups excluding tert-OH is 1. The van der Waals surface area contributed by atoms with Crippen molar-refractivity contribution < 1.29 is 52.2 Å². The van der Waals surface area contributed by atoms with E-state index in [9.17, 15) is 28.9 Å². The number of esters is 3. The number of hydrogen-bond acceptors (Lipinski definition) is 10. The standard InChI is InChI=1S/C64H107O11P/c1-4-7-10-13-16-19-22-25-27-29-30-32-34-37-40-43-46-49-52-55-64(68)75-61(57-71-62(66)53-50-47-44-41-38-35-24-21-18-15-12-9-6-3)59-73-76(69,70)72-58-60(56-65)74-63(67)54-51-48-45-42-39-36-33-31-28-26-23-20-17-14-11-8-5-2/h7,9-10,12,16,18-19,21,25-28,30,32,35,37-38,40,60-61,65H,4-6,8,11,13-15,17,20,22-24,29,31,33-34,36,39,41-59H2,1-3H3,(H,69,70)/b10-7-,12-9-,19-16-,21-18-,27-25-,28-26-,32-30-,38-35-,40-37-. The van der Waals surface area contributed by atoms with Gasteiger partial charge in [0.15, 0.2) is 6.10 Å². The molecule has 0 aliphatic carbocycles. The number of allylic oxidation sites excluding steroid dienone is 18. The fourth-order valence-corrected chi connectivity index (χ4v) is 8.47. The van der Waals surface area contributed by atoms with Crippen molar-refractivity contribution in [3.8, 4) is 0 Å². The molecule has 0 heterocycles. The summed E-state index contributed by atoms with van der Waals surface area (Å²) in [5.41, 5.74) is 0. The van der Waals surface area contributed by atoms with Gasteiger partial charge in [-0.1, -0.05) is 207 Å². The normalized spacial score (nSPS) is 14.1. The summed E-state index contributed by atoms with van der Waals surface area (Å²) in [6, 6.07) is 0. The van der Waals surface area contributed by atoms with Gasteiger partial charge in [0.1, 0.15) is 12.7 Å². The Morgan fingerprint density at radius 2 is 0.684 bits per heavy atom. The van der Waals surface area contributed by atoms with Gasteiger partial charge in [0.25, 0.3) is 0 Å². The van der Waals surface area contributed by atoms with Crippen molar-refractivity contribution in [2.75, 3.05) is 26.4 Å². The van der Waals surface area contributed by atoms with E-state index < -0.39 is 57.8 Å². The van der Waals surface area contributed by atoms with Crippen LogP contribution in [0.25, 0.3) is 0 Å². The van der Waals surface area contributed by atoms with Gasteiger partial charge in [0.2, 0.25) is 0 Å². The van der Waals surface area contributed by atoms with Crippen molar-refractivity contribution in [2.45, 2.75) is 251 Å². The van der Waals surface area contributed by atoms with Crippen molar-refractivity contribution in [3.63, 3.8) is 0 Å². The Bertz CT molecular complexity index is 1690. The van der Waals surface area contributed by atoms with Crippen LogP contribution in [0, 0.1) is 0 Å². The summed E-state index contributed by atoms with van der Waals surface area (Å²) in [5, 5.41) is 9.83. The van der Waals surface area contributed by atoms with Crippen LogP contribution in [0.4, 0.5) is 0 Å². The minimum atomic E-state index is -4.77. The van der Waals surface area contributed by atoms with Crippen LogP contribution in [-0.2, 0) is 42.2 Å². The number of carbonyl (C=O) groups is 3. The predicted octanol–water partition coefficient (Wildman–Crippen LogP) is 17.8. The fourth-order valence-electron chi connectivity index (χ4n) is 7.69. The predicted molar refractivity (Wildman–Crippen MR) is 316 cm³/mol. The molecule has 0 aromatic carbocycles. The Balaban J connectivity index is 4.78. The zero-order valence-corrected chi connectivity index (χ0v) is 48.8. The maximum absolute atomic E-state index is 12.9. The van der Waals surface area contributed by atoms with Gasteiger partial charge in [-0.05, 0) is 122 Å². The first-order valence-corrected chi connectivity index (χ1v) is 31.3. The van der Waals surface area contributed by atoms with E-state index in [1.54, 1.807) is 0 Å². The lowest BCUT2D eigenvalue weighted by Gasteiger charge is -2.21. The van der Waals surface area contributed by atoms with Crippen LogP contribution in [-0.4, -0.2) is 66.5 Å². The van der Waals surface area contributed by atoms with Crippen LogP contribution >= 0.6 is 7.82 Å². The lowest BCUT2D eigenvalue weighted by atomic mass is 10.1. The largest absolute Gasteiger partial charge is 0.472 e. The molecule has 0 aliphatic heterocycles. The molecule has 0 aliphatic rings. The monoisotopic (exact) mass is 1080 g/mol. The topological polar surface area (TPSA) is 155 Å². The molecular weight excluding hydrogens is 976 g/mol. The Kier molecular flexibility index (Phi) is 54.4. The van der Waals surface area contributed by atoms with Gasteiger partial charge >= 0.3 is 25.7 Å². The lowest BCUT2D eigenvalue weighted by molar-refractivity contribution is -0.161. The first-order chi connectivity index (χ1) is 37.2. The van der Waals surface area contributed by atoms with Crippen molar-refractivity contribution in [3.05, 3.63) is 109 Å². The number of phosphoric ester groups is 1. The molecule has 0 rings (SSSR count). The average Bonchev–Trinajstić information content (AvgIpc) is 3.41. The highest BCUT2D eigenvalue weighted by molar-refractivity contribution is 7.47. The second-order valence-corrected chi connectivity index (χ2v) is 20.8. The molecule has 0 saturated carbocycles. The van der Waals surface area contributed by atoms with Crippen molar-refractivity contribution in [2.24, 2.45) is 0 Å². The summed E-state index contributed by atoms with van der Waals surface area (Å²) < 4.78 is 39.5. The van der Waals surface area contributed by atoms with Crippen LogP contribution in [0.2, 0.25) is 0 Å². The molecule has 3 atom stereocenters. The summed E-state index contributed by atoms with van der Waals surface area (Å²) in [6.07, 6.45) is 69.1. The Morgan fingerprint density at radius 1 is 0.382 bits per heavy atom. The van der Waals surface area contributed by atoms with Crippen LogP contribution in [0.5, 0.6) is 0 Å². The van der Waals surface area contributed by atoms with Gasteiger partial charge in [-0.3, -0.25) is 23.4 Å². The van der Waals surface area contributed by atoms with Crippen LogP contribution in [0.1, 0.15) is 239 Å². The number of ether oxygens (including phenoxy) is 3. The minimum absolute atomic E-state index is 0.117. The number of carbonyl (C=O) groups excluding carboxylic acids is 3. The average molecular weight is 1080 g/mol. The second-order valence-electron chi connectivity index (χ2n) is 19.4. The second kappa shape index (κ2) is 57.3. The summed E-state index contributed by atoms with van der Waals surface area (Å²) in [5.74, 6) is -1.55. The molecule has 0 spiro atoms. The molecule has 0 radical (unpaired) electrons. The molecule has 0 saturated heterocycles. The molecule has 76 heavy (non-hydrogen) atoms. The first kappa shape index (κ1) is 72.1. The molecule has 11 nitrogen and oxygen atoms in total. The highest BCUT2D eigenvalue weighted by Crippen LogP contribution is 2.43. The van der Waals surface area contributed by atoms with Gasteiger partial charge in [-0.25, -0.2) is 4.57 Å². The Morgan fingerprint density at radius 3 is 1.08 bits per heavy atom. The quantitative estimate of drug-likeness (QED) is 0.0197. The number of rotatable bonds is 54. The maximum atomic E-state index is 12.9. The molecule has 434 valence electrons. The summed E-state index contributed by atoms with van der Waals surface area (Å²) >= 11 is 0. The van der Waals surface area contributed by atoms with Gasteiger partial charge in [0, 0.05) is 19.3 Å². The zero-order valence-electron chi connectivity index (χ0n) is 47.9. The molecule has 3 unspecified atom stereocenters. The van der Waals surface area contributed by atoms with E-state index in [2.05, 4.69) is 130 Å². The Hall–Kier alpha value is -3.86. The number of hydrogen-bond donors (Lipinski definition) is 2. The van der Waals surface area contributed by atoms with Gasteiger partial charge < -0.3 is 24.2 Å². The van der Waals surface area contributed by atoms with Crippen molar-refractivity contribution in [1.82, 2.24) is 0 Å². The van der Waals surface area contributed by atoms with E-state index in [1.807, 2.05) is 0 Å². The Labute approximate surface area is 463 Å². The van der Waals surface area contributed by atoms with Crippen LogP contribution in [0.3, 0.4) is 0 Å². The molecular formula is C64H107O11P. The van der Waals surface area contributed by atoms with Crippen molar-refractivity contribution >= 4 is 25.7 Å². The molecule has 0 bridgehead atoms. The third-order valence-electron chi connectivity index (χ3n) is 12.2. The fraction of sp³-hybridized carbons (Fsp3) is 0.672. The van der Waals surface area contributed by atoms with Gasteiger partial charge in [-0.15, -0.1) is 0 Å². The summed E-state index contributed by atoms with van der Waals surface area (Å²) in [7, 11) is -4.77. The molecule has 2 N–H and O–H groups in total. The third kappa shape index (κ3) is 54.9. The van der Waals surface area contributed by atoms with Gasteiger partial charge in [0.05, 0.1) is 19.8 Å². The van der Waals surface area contributed by atoms with E-state index in [0.717, 1.165) is 116 Å². The smallest absolute Gasteiger partial charge is 0.462 e. The molecule has 12 heteroatoms. The molecule has 0 fully saturated rings. The number of unbranched alkanes of at least 4 members (excludes halogenated alkanes) is 19. The van der Waals surface area contributed by atoms with E-state index >= 15 is 0 Å². The summed E-state index contributed by atoms with van der Waals surface area (Å²) in [6.45, 7) is 4.34. The maximum Gasteiger partial charge on any atom is 0.472 e. The van der Waals surface area contributed by atoms with E-state index in [1.165, 1.54) is 64.2 Å². The zero-order chi connectivity index (χ0) is 55.5. The molecule has 0 amide bonds. The van der Waals surface area contributed by atoms with Crippen molar-refractivity contribution in [1.29, 1.82) is 0 Å². The number of aliphatic hydroxyl groups is 1. The minimum Gasteiger partial charge on any atom is -0.462 e. The SMILES string of the molecule is CC/C=C\C/C=C\C/C=C\C/C=C\C/C=C\CCCCCC(=O)OC(COC(=O)CCCCC/C=C\C/C=C\C/C=C\CC)COP(=O)(O)OCC(CO)OC(=O)CCCCCCCCC/C=C\CCCCCCCC. The van der Waals surface area contributed by atoms with Crippen LogP contribution < -0.4 is 0 Å².